The predicted molar refractivity (Wildman–Crippen MR) is 91.6 cm³/mol. The fourth-order valence-corrected chi connectivity index (χ4v) is 3.05. The van der Waals surface area contributed by atoms with Gasteiger partial charge in [0.15, 0.2) is 0 Å². The monoisotopic (exact) mass is 323 g/mol. The van der Waals surface area contributed by atoms with Gasteiger partial charge in [0.2, 0.25) is 5.91 Å². The SMILES string of the molecule is CC(=O)NNC(=O)C1Cc2ccccc2CN1Cc1ccccc1. The van der Waals surface area contributed by atoms with Crippen molar-refractivity contribution in [3.8, 4) is 0 Å². The molecule has 1 heterocycles. The molecule has 0 saturated carbocycles. The van der Waals surface area contributed by atoms with Gasteiger partial charge in [-0.1, -0.05) is 54.6 Å². The minimum absolute atomic E-state index is 0.185. The molecule has 2 aromatic carbocycles. The van der Waals surface area contributed by atoms with Gasteiger partial charge >= 0.3 is 0 Å². The Labute approximate surface area is 141 Å². The lowest BCUT2D eigenvalue weighted by atomic mass is 9.93. The number of hydrazine groups is 1. The number of carbonyl (C=O) groups excluding carboxylic acids is 2. The minimum atomic E-state index is -0.313. The number of fused-ring (bicyclic) bond motifs is 1. The maximum Gasteiger partial charge on any atom is 0.256 e. The van der Waals surface area contributed by atoms with Gasteiger partial charge in [-0.15, -0.1) is 0 Å². The molecule has 2 N–H and O–H groups in total. The van der Waals surface area contributed by atoms with Crippen LogP contribution in [0.25, 0.3) is 0 Å². The Morgan fingerprint density at radius 1 is 1.00 bits per heavy atom. The van der Waals surface area contributed by atoms with E-state index in [1.807, 2.05) is 30.3 Å². The molecule has 0 fully saturated rings. The van der Waals surface area contributed by atoms with Crippen LogP contribution in [0.4, 0.5) is 0 Å². The van der Waals surface area contributed by atoms with Gasteiger partial charge in [0.25, 0.3) is 5.91 Å². The van der Waals surface area contributed by atoms with E-state index in [0.29, 0.717) is 19.5 Å². The molecule has 1 aliphatic heterocycles. The number of carbonyl (C=O) groups is 2. The zero-order valence-electron chi connectivity index (χ0n) is 13.7. The predicted octanol–water partition coefficient (Wildman–Crippen LogP) is 1.78. The van der Waals surface area contributed by atoms with Crippen LogP contribution in [0, 0.1) is 0 Å². The topological polar surface area (TPSA) is 61.4 Å². The van der Waals surface area contributed by atoms with Crippen molar-refractivity contribution in [1.82, 2.24) is 15.8 Å². The van der Waals surface area contributed by atoms with Gasteiger partial charge in [0.1, 0.15) is 0 Å². The van der Waals surface area contributed by atoms with E-state index in [4.69, 9.17) is 0 Å². The van der Waals surface area contributed by atoms with E-state index >= 15 is 0 Å². The molecule has 2 aromatic rings. The average molecular weight is 323 g/mol. The molecule has 1 aliphatic rings. The summed E-state index contributed by atoms with van der Waals surface area (Å²) in [7, 11) is 0. The number of hydrogen-bond donors (Lipinski definition) is 2. The van der Waals surface area contributed by atoms with E-state index in [0.717, 1.165) is 5.56 Å². The van der Waals surface area contributed by atoms with Gasteiger partial charge in [-0.2, -0.15) is 0 Å². The highest BCUT2D eigenvalue weighted by atomic mass is 16.2. The lowest BCUT2D eigenvalue weighted by Crippen LogP contribution is -2.53. The molecule has 0 bridgehead atoms. The first-order chi connectivity index (χ1) is 11.6. The highest BCUT2D eigenvalue weighted by Crippen LogP contribution is 2.25. The van der Waals surface area contributed by atoms with Crippen molar-refractivity contribution in [3.05, 3.63) is 71.3 Å². The van der Waals surface area contributed by atoms with Gasteiger partial charge in [0, 0.05) is 20.0 Å². The van der Waals surface area contributed by atoms with Gasteiger partial charge < -0.3 is 0 Å². The van der Waals surface area contributed by atoms with Crippen LogP contribution in [0.5, 0.6) is 0 Å². The van der Waals surface area contributed by atoms with Crippen LogP contribution in [0.1, 0.15) is 23.6 Å². The fourth-order valence-electron chi connectivity index (χ4n) is 3.05. The van der Waals surface area contributed by atoms with E-state index in [9.17, 15) is 9.59 Å². The van der Waals surface area contributed by atoms with Crippen molar-refractivity contribution in [3.63, 3.8) is 0 Å². The summed E-state index contributed by atoms with van der Waals surface area (Å²) in [6.45, 7) is 2.77. The fraction of sp³-hybridized carbons (Fsp3) is 0.263. The van der Waals surface area contributed by atoms with E-state index in [-0.39, 0.29) is 17.9 Å². The largest absolute Gasteiger partial charge is 0.283 e. The van der Waals surface area contributed by atoms with Crippen molar-refractivity contribution < 1.29 is 9.59 Å². The first-order valence-corrected chi connectivity index (χ1v) is 8.04. The lowest BCUT2D eigenvalue weighted by Gasteiger charge is -2.36. The molecule has 0 spiro atoms. The lowest BCUT2D eigenvalue weighted by molar-refractivity contribution is -0.132. The Morgan fingerprint density at radius 2 is 1.67 bits per heavy atom. The quantitative estimate of drug-likeness (QED) is 0.847. The summed E-state index contributed by atoms with van der Waals surface area (Å²) in [5.74, 6) is -0.468. The van der Waals surface area contributed by atoms with Crippen LogP contribution < -0.4 is 10.9 Å². The Hall–Kier alpha value is -2.66. The number of hydrogen-bond acceptors (Lipinski definition) is 3. The Bertz CT molecular complexity index is 730. The van der Waals surface area contributed by atoms with Crippen LogP contribution in [0.2, 0.25) is 0 Å². The molecule has 5 nitrogen and oxygen atoms in total. The second kappa shape index (κ2) is 7.27. The Balaban J connectivity index is 1.81. The molecular weight excluding hydrogens is 302 g/mol. The van der Waals surface area contributed by atoms with Gasteiger partial charge in [-0.25, -0.2) is 0 Å². The van der Waals surface area contributed by atoms with Crippen molar-refractivity contribution in [2.75, 3.05) is 0 Å². The zero-order valence-corrected chi connectivity index (χ0v) is 13.7. The first kappa shape index (κ1) is 16.2. The molecule has 0 saturated heterocycles. The molecule has 0 aliphatic carbocycles. The second-order valence-corrected chi connectivity index (χ2v) is 6.05. The molecular formula is C19H21N3O2. The first-order valence-electron chi connectivity index (χ1n) is 8.04. The summed E-state index contributed by atoms with van der Waals surface area (Å²) in [5, 5.41) is 0. The molecule has 124 valence electrons. The summed E-state index contributed by atoms with van der Waals surface area (Å²) in [6, 6.07) is 18.0. The third kappa shape index (κ3) is 3.81. The third-order valence-corrected chi connectivity index (χ3v) is 4.24. The number of rotatable bonds is 3. The van der Waals surface area contributed by atoms with Crippen molar-refractivity contribution in [2.24, 2.45) is 0 Å². The summed E-state index contributed by atoms with van der Waals surface area (Å²) < 4.78 is 0. The van der Waals surface area contributed by atoms with Crippen molar-refractivity contribution >= 4 is 11.8 Å². The molecule has 3 rings (SSSR count). The van der Waals surface area contributed by atoms with Crippen LogP contribution >= 0.6 is 0 Å². The molecule has 0 radical (unpaired) electrons. The molecule has 5 heteroatoms. The van der Waals surface area contributed by atoms with Gasteiger partial charge in [-0.3, -0.25) is 25.3 Å². The maximum atomic E-state index is 12.5. The van der Waals surface area contributed by atoms with E-state index in [1.165, 1.54) is 18.1 Å². The van der Waals surface area contributed by atoms with E-state index < -0.39 is 0 Å². The smallest absolute Gasteiger partial charge is 0.256 e. The Kier molecular flexibility index (Phi) is 4.91. The van der Waals surface area contributed by atoms with Crippen LogP contribution in [-0.4, -0.2) is 22.8 Å². The number of amides is 2. The highest BCUT2D eigenvalue weighted by Gasteiger charge is 2.31. The molecule has 2 amide bonds. The molecule has 0 aromatic heterocycles. The van der Waals surface area contributed by atoms with Crippen LogP contribution in [-0.2, 0) is 29.1 Å². The van der Waals surface area contributed by atoms with E-state index in [2.05, 4.69) is 40.0 Å². The maximum absolute atomic E-state index is 12.5. The molecule has 1 unspecified atom stereocenters. The summed E-state index contributed by atoms with van der Waals surface area (Å²) >= 11 is 0. The number of nitrogens with zero attached hydrogens (tertiary/aromatic N) is 1. The van der Waals surface area contributed by atoms with Crippen LogP contribution in [0.3, 0.4) is 0 Å². The highest BCUT2D eigenvalue weighted by molar-refractivity contribution is 5.85. The Morgan fingerprint density at radius 3 is 2.38 bits per heavy atom. The summed E-state index contributed by atoms with van der Waals surface area (Å²) in [5.41, 5.74) is 8.50. The normalized spacial score (nSPS) is 17.0. The third-order valence-electron chi connectivity index (χ3n) is 4.24. The van der Waals surface area contributed by atoms with Gasteiger partial charge in [0.05, 0.1) is 6.04 Å². The summed E-state index contributed by atoms with van der Waals surface area (Å²) in [4.78, 5) is 25.8. The standard InChI is InChI=1S/C19H21N3O2/c1-14(23)20-21-19(24)18-11-16-9-5-6-10-17(16)13-22(18)12-15-7-3-2-4-8-15/h2-10,18H,11-13H2,1H3,(H,20,23)(H,21,24). The second-order valence-electron chi connectivity index (χ2n) is 6.05. The molecule has 1 atom stereocenters. The average Bonchev–Trinajstić information content (AvgIpc) is 2.60. The van der Waals surface area contributed by atoms with E-state index in [1.54, 1.807) is 0 Å². The zero-order chi connectivity index (χ0) is 16.9. The molecule has 24 heavy (non-hydrogen) atoms. The van der Waals surface area contributed by atoms with Crippen molar-refractivity contribution in [1.29, 1.82) is 0 Å². The van der Waals surface area contributed by atoms with Crippen molar-refractivity contribution in [2.45, 2.75) is 32.5 Å². The van der Waals surface area contributed by atoms with Crippen LogP contribution in [0.15, 0.2) is 54.6 Å². The number of nitrogens with one attached hydrogen (secondary N) is 2. The van der Waals surface area contributed by atoms with Gasteiger partial charge in [-0.05, 0) is 23.1 Å². The summed E-state index contributed by atoms with van der Waals surface area (Å²) in [6.07, 6.45) is 0.633. The number of benzene rings is 2. The minimum Gasteiger partial charge on any atom is -0.283 e.